The van der Waals surface area contributed by atoms with Crippen LogP contribution in [0.2, 0.25) is 0 Å². The summed E-state index contributed by atoms with van der Waals surface area (Å²) in [5, 5.41) is 5.46. The predicted molar refractivity (Wildman–Crippen MR) is 50.0 cm³/mol. The number of hydrazone groups is 1. The van der Waals surface area contributed by atoms with E-state index >= 15 is 0 Å². The summed E-state index contributed by atoms with van der Waals surface area (Å²) in [6, 6.07) is 0. The predicted octanol–water partition coefficient (Wildman–Crippen LogP) is 1.71. The van der Waals surface area contributed by atoms with Crippen LogP contribution in [0.15, 0.2) is 5.10 Å². The topological polar surface area (TPSA) is 41.9 Å². The molecule has 1 aliphatic heterocycles. The van der Waals surface area contributed by atoms with Crippen LogP contribution in [0.3, 0.4) is 0 Å². The molecule has 0 saturated carbocycles. The third-order valence-corrected chi connectivity index (χ3v) is 2.07. The zero-order valence-electron chi connectivity index (χ0n) is 8.63. The van der Waals surface area contributed by atoms with Crippen molar-refractivity contribution in [2.45, 2.75) is 46.3 Å². The van der Waals surface area contributed by atoms with Crippen molar-refractivity contribution >= 4 is 11.8 Å². The van der Waals surface area contributed by atoms with Gasteiger partial charge in [-0.1, -0.05) is 13.3 Å². The van der Waals surface area contributed by atoms with E-state index in [-0.39, 0.29) is 5.91 Å². The van der Waals surface area contributed by atoms with Gasteiger partial charge in [0.1, 0.15) is 0 Å². The third kappa shape index (κ3) is 1.82. The lowest BCUT2D eigenvalue weighted by atomic mass is 10.1. The van der Waals surface area contributed by atoms with E-state index in [9.17, 15) is 4.79 Å². The van der Waals surface area contributed by atoms with E-state index in [1.54, 1.807) is 6.92 Å². The van der Waals surface area contributed by atoms with E-state index in [0.29, 0.717) is 5.90 Å². The van der Waals surface area contributed by atoms with Crippen molar-refractivity contribution in [3.05, 3.63) is 0 Å². The number of hydrogen-bond donors (Lipinski definition) is 0. The van der Waals surface area contributed by atoms with E-state index in [0.717, 1.165) is 12.8 Å². The van der Waals surface area contributed by atoms with Crippen LogP contribution >= 0.6 is 0 Å². The standard InChI is InChI=1S/C9H16N2O2/c1-5-6-9(4)11(8(3)12)10-7(2)13-9/h5-6H2,1-4H3. The van der Waals surface area contributed by atoms with Crippen LogP contribution in [0.4, 0.5) is 0 Å². The number of carbonyl (C=O) groups excluding carboxylic acids is 1. The Morgan fingerprint density at radius 2 is 2.31 bits per heavy atom. The molecule has 13 heavy (non-hydrogen) atoms. The fourth-order valence-electron chi connectivity index (χ4n) is 1.65. The molecule has 1 heterocycles. The maximum Gasteiger partial charge on any atom is 0.243 e. The van der Waals surface area contributed by atoms with Gasteiger partial charge in [0.15, 0.2) is 0 Å². The zero-order valence-corrected chi connectivity index (χ0v) is 8.63. The molecule has 74 valence electrons. The minimum atomic E-state index is -0.565. The summed E-state index contributed by atoms with van der Waals surface area (Å²) in [5.74, 6) is 0.485. The zero-order chi connectivity index (χ0) is 10.1. The molecule has 1 rings (SSSR count). The van der Waals surface area contributed by atoms with Crippen molar-refractivity contribution in [1.29, 1.82) is 0 Å². The second-order valence-corrected chi connectivity index (χ2v) is 3.48. The van der Waals surface area contributed by atoms with Crippen molar-refractivity contribution in [3.8, 4) is 0 Å². The average Bonchev–Trinajstić information content (AvgIpc) is 2.26. The highest BCUT2D eigenvalue weighted by Gasteiger charge is 2.40. The molecule has 4 heteroatoms. The van der Waals surface area contributed by atoms with Crippen LogP contribution in [0.5, 0.6) is 0 Å². The lowest BCUT2D eigenvalue weighted by Gasteiger charge is -2.30. The Morgan fingerprint density at radius 1 is 1.69 bits per heavy atom. The largest absolute Gasteiger partial charge is 0.452 e. The maximum absolute atomic E-state index is 11.2. The Bertz CT molecular complexity index is 250. The fourth-order valence-corrected chi connectivity index (χ4v) is 1.65. The summed E-state index contributed by atoms with van der Waals surface area (Å²) in [7, 11) is 0. The average molecular weight is 184 g/mol. The Hall–Kier alpha value is -1.06. The summed E-state index contributed by atoms with van der Waals surface area (Å²) in [6.07, 6.45) is 1.76. The monoisotopic (exact) mass is 184 g/mol. The van der Waals surface area contributed by atoms with Gasteiger partial charge in [-0.05, 0) is 6.92 Å². The molecule has 0 aromatic carbocycles. The second-order valence-electron chi connectivity index (χ2n) is 3.48. The molecule has 0 bridgehead atoms. The first-order chi connectivity index (χ1) is 5.99. The molecule has 0 saturated heterocycles. The van der Waals surface area contributed by atoms with Crippen LogP contribution in [0, 0.1) is 0 Å². The lowest BCUT2D eigenvalue weighted by molar-refractivity contribution is -0.145. The van der Waals surface area contributed by atoms with Gasteiger partial charge in [0.25, 0.3) is 0 Å². The normalized spacial score (nSPS) is 27.1. The second kappa shape index (κ2) is 3.36. The molecule has 0 radical (unpaired) electrons. The molecule has 4 nitrogen and oxygen atoms in total. The van der Waals surface area contributed by atoms with Crippen LogP contribution in [-0.4, -0.2) is 22.5 Å². The molecule has 0 aliphatic carbocycles. The minimum Gasteiger partial charge on any atom is -0.452 e. The molecule has 1 aliphatic rings. The highest BCUT2D eigenvalue weighted by molar-refractivity contribution is 5.81. The molecule has 1 atom stereocenters. The van der Waals surface area contributed by atoms with Crippen molar-refractivity contribution in [3.63, 3.8) is 0 Å². The van der Waals surface area contributed by atoms with Crippen LogP contribution in [0.1, 0.15) is 40.5 Å². The Labute approximate surface area is 78.6 Å². The molecular weight excluding hydrogens is 168 g/mol. The first-order valence-electron chi connectivity index (χ1n) is 4.54. The van der Waals surface area contributed by atoms with Gasteiger partial charge in [-0.15, -0.1) is 5.10 Å². The van der Waals surface area contributed by atoms with Gasteiger partial charge in [-0.25, -0.2) is 0 Å². The van der Waals surface area contributed by atoms with Crippen LogP contribution in [-0.2, 0) is 9.53 Å². The van der Waals surface area contributed by atoms with E-state index < -0.39 is 5.72 Å². The van der Waals surface area contributed by atoms with Gasteiger partial charge in [0.2, 0.25) is 17.5 Å². The summed E-state index contributed by atoms with van der Waals surface area (Å²) >= 11 is 0. The van der Waals surface area contributed by atoms with Gasteiger partial charge in [-0.3, -0.25) is 4.79 Å². The molecule has 0 aromatic rings. The van der Waals surface area contributed by atoms with E-state index in [1.165, 1.54) is 11.9 Å². The summed E-state index contributed by atoms with van der Waals surface area (Å²) in [6.45, 7) is 7.20. The van der Waals surface area contributed by atoms with Gasteiger partial charge < -0.3 is 4.74 Å². The fraction of sp³-hybridized carbons (Fsp3) is 0.778. The summed E-state index contributed by atoms with van der Waals surface area (Å²) < 4.78 is 5.52. The summed E-state index contributed by atoms with van der Waals surface area (Å²) in [5.41, 5.74) is -0.565. The molecule has 1 unspecified atom stereocenters. The van der Waals surface area contributed by atoms with Gasteiger partial charge in [0.05, 0.1) is 0 Å². The van der Waals surface area contributed by atoms with Crippen molar-refractivity contribution in [1.82, 2.24) is 5.01 Å². The lowest BCUT2D eigenvalue weighted by Crippen LogP contribution is -2.43. The maximum atomic E-state index is 11.2. The number of hydrogen-bond acceptors (Lipinski definition) is 3. The van der Waals surface area contributed by atoms with Crippen molar-refractivity contribution < 1.29 is 9.53 Å². The molecule has 0 N–H and O–H groups in total. The smallest absolute Gasteiger partial charge is 0.243 e. The first-order valence-corrected chi connectivity index (χ1v) is 4.54. The molecule has 1 amide bonds. The van der Waals surface area contributed by atoms with E-state index in [2.05, 4.69) is 12.0 Å². The van der Waals surface area contributed by atoms with Crippen molar-refractivity contribution in [2.75, 3.05) is 0 Å². The third-order valence-electron chi connectivity index (χ3n) is 2.07. The molecule has 0 spiro atoms. The molecular formula is C9H16N2O2. The number of carbonyl (C=O) groups is 1. The Morgan fingerprint density at radius 3 is 2.77 bits per heavy atom. The van der Waals surface area contributed by atoms with E-state index in [4.69, 9.17) is 4.74 Å². The van der Waals surface area contributed by atoms with Gasteiger partial charge in [0, 0.05) is 20.3 Å². The number of ether oxygens (including phenoxy) is 1. The van der Waals surface area contributed by atoms with Crippen LogP contribution < -0.4 is 0 Å². The number of rotatable bonds is 2. The summed E-state index contributed by atoms with van der Waals surface area (Å²) in [4.78, 5) is 11.2. The number of amides is 1. The highest BCUT2D eigenvalue weighted by Crippen LogP contribution is 2.28. The Kier molecular flexibility index (Phi) is 2.59. The highest BCUT2D eigenvalue weighted by atomic mass is 16.5. The first kappa shape index (κ1) is 10.0. The van der Waals surface area contributed by atoms with Crippen molar-refractivity contribution in [2.24, 2.45) is 5.10 Å². The quantitative estimate of drug-likeness (QED) is 0.655. The molecule has 0 aromatic heterocycles. The minimum absolute atomic E-state index is 0.0761. The number of nitrogens with zero attached hydrogens (tertiary/aromatic N) is 2. The van der Waals surface area contributed by atoms with Gasteiger partial charge in [-0.2, -0.15) is 5.01 Å². The molecule has 0 fully saturated rings. The Balaban J connectivity index is 2.83. The van der Waals surface area contributed by atoms with E-state index in [1.807, 2.05) is 6.92 Å². The van der Waals surface area contributed by atoms with Crippen LogP contribution in [0.25, 0.3) is 0 Å². The SMILES string of the molecule is CCCC1(C)OC(C)=NN1C(C)=O. The van der Waals surface area contributed by atoms with Gasteiger partial charge >= 0.3 is 0 Å².